The van der Waals surface area contributed by atoms with Crippen molar-refractivity contribution in [2.45, 2.75) is 0 Å². The van der Waals surface area contributed by atoms with E-state index in [1.54, 1.807) is 0 Å². The average molecular weight is 285 g/mol. The minimum absolute atomic E-state index is 0. The molecule has 0 bridgehead atoms. The summed E-state index contributed by atoms with van der Waals surface area (Å²) < 4.78 is 33.1. The van der Waals surface area contributed by atoms with Gasteiger partial charge in [0.2, 0.25) is 0 Å². The molecule has 4 nitrogen and oxygen atoms in total. The SMILES string of the molecule is [Ce].[O-][Br+3]([O-])([O-])O. The molecular formula is HBrCeO4. The molecule has 0 fully saturated rings. The fourth-order valence-electron chi connectivity index (χ4n) is 0. The molecule has 0 aliphatic rings. The normalized spacial score (nSPS) is 10.0. The molecule has 0 aromatic carbocycles. The molecule has 0 radical (unpaired) electrons. The topological polar surface area (TPSA) is 89.4 Å². The second-order valence-electron chi connectivity index (χ2n) is 0.396. The van der Waals surface area contributed by atoms with Gasteiger partial charge in [0.05, 0.1) is 0 Å². The van der Waals surface area contributed by atoms with E-state index in [0.717, 1.165) is 0 Å². The maximum absolute atomic E-state index is 8.69. The summed E-state index contributed by atoms with van der Waals surface area (Å²) in [6, 6.07) is 0. The first-order chi connectivity index (χ1) is 2.00. The van der Waals surface area contributed by atoms with Gasteiger partial charge in [-0.1, -0.05) is 0 Å². The van der Waals surface area contributed by atoms with E-state index in [2.05, 4.69) is 0 Å². The predicted molar refractivity (Wildman–Crippen MR) is 2.22 cm³/mol. The summed E-state index contributed by atoms with van der Waals surface area (Å²) in [6.07, 6.45) is 0. The second kappa shape index (κ2) is 3.67. The summed E-state index contributed by atoms with van der Waals surface area (Å²) in [7, 11) is 0. The van der Waals surface area contributed by atoms with Gasteiger partial charge in [0.15, 0.2) is 0 Å². The van der Waals surface area contributed by atoms with E-state index in [1.165, 1.54) is 0 Å². The molecule has 0 rings (SSSR count). The molecule has 1 N–H and O–H groups in total. The van der Waals surface area contributed by atoms with E-state index in [0.29, 0.717) is 0 Å². The number of hydrogen-bond acceptors (Lipinski definition) is 4. The van der Waals surface area contributed by atoms with Crippen molar-refractivity contribution in [1.29, 1.82) is 0 Å². The molecule has 0 aromatic heterocycles. The van der Waals surface area contributed by atoms with E-state index >= 15 is 0 Å². The van der Waals surface area contributed by atoms with Crippen molar-refractivity contribution in [3.8, 4) is 0 Å². The average Bonchev–Trinajstić information content (AvgIpc) is 0.722. The van der Waals surface area contributed by atoms with Crippen LogP contribution in [0.4, 0.5) is 0 Å². The van der Waals surface area contributed by atoms with Crippen LogP contribution in [0.1, 0.15) is 0 Å². The van der Waals surface area contributed by atoms with Crippen molar-refractivity contribution < 1.29 is 72.6 Å². The van der Waals surface area contributed by atoms with Crippen LogP contribution < -0.4 is 12.6 Å². The molecule has 0 aliphatic heterocycles. The van der Waals surface area contributed by atoms with E-state index in [9.17, 15) is 0 Å². The standard InChI is InChI=1S/BrHO4.Ce/c2-1(3,4)5;/h2H;. The van der Waals surface area contributed by atoms with Crippen LogP contribution in [0.5, 0.6) is 0 Å². The molecule has 6 heavy (non-hydrogen) atoms. The van der Waals surface area contributed by atoms with Crippen LogP contribution >= 0.6 is 0 Å². The zero-order valence-electron chi connectivity index (χ0n) is 2.55. The maximum Gasteiger partial charge on any atom is 0.265 e. The van der Waals surface area contributed by atoms with Crippen LogP contribution in [-0.4, -0.2) is 4.20 Å². The van der Waals surface area contributed by atoms with Crippen molar-refractivity contribution in [3.63, 3.8) is 0 Å². The molecular weight excluding hydrogens is 284 g/mol. The van der Waals surface area contributed by atoms with Crippen LogP contribution in [-0.2, 0) is 0 Å². The Morgan fingerprint density at radius 1 is 1.17 bits per heavy atom. The molecule has 0 atom stereocenters. The Labute approximate surface area is 71.7 Å². The zero-order chi connectivity index (χ0) is 4.50. The molecule has 0 saturated heterocycles. The smallest absolute Gasteiger partial charge is 0.228 e. The molecule has 0 saturated carbocycles. The van der Waals surface area contributed by atoms with Crippen LogP contribution in [0.25, 0.3) is 0 Å². The molecule has 6 heteroatoms. The molecule has 0 spiro atoms. The molecule has 0 amide bonds. The Kier molecular flexibility index (Phi) is 6.50. The Balaban J connectivity index is 0. The van der Waals surface area contributed by atoms with Crippen LogP contribution in [0.15, 0.2) is 0 Å². The van der Waals surface area contributed by atoms with Gasteiger partial charge in [-0.05, 0) is 0 Å². The first kappa shape index (κ1) is 10.6. The fraction of sp³-hybridized carbons (Fsp3) is 0. The van der Waals surface area contributed by atoms with Crippen LogP contribution in [0.2, 0.25) is 0 Å². The first-order valence-electron chi connectivity index (χ1n) is 0.632. The minimum Gasteiger partial charge on any atom is -0.228 e. The van der Waals surface area contributed by atoms with Crippen molar-refractivity contribution in [3.05, 3.63) is 0 Å². The Bertz CT molecular complexity index is 23.0. The fourth-order valence-corrected chi connectivity index (χ4v) is 0. The van der Waals surface area contributed by atoms with Crippen molar-refractivity contribution in [2.75, 3.05) is 0 Å². The van der Waals surface area contributed by atoms with Crippen molar-refractivity contribution >= 4 is 0 Å². The van der Waals surface area contributed by atoms with Crippen LogP contribution in [0.3, 0.4) is 0 Å². The third-order valence-corrected chi connectivity index (χ3v) is 0. The summed E-state index contributed by atoms with van der Waals surface area (Å²) in [6.45, 7) is 0. The summed E-state index contributed by atoms with van der Waals surface area (Å²) in [5.74, 6) is 0. The maximum atomic E-state index is 8.69. The molecule has 0 aromatic rings. The summed E-state index contributed by atoms with van der Waals surface area (Å²) in [5, 5.41) is 0. The van der Waals surface area contributed by atoms with Gasteiger partial charge in [0.1, 0.15) is 0 Å². The number of rotatable bonds is 0. The monoisotopic (exact) mass is 284 g/mol. The quantitative estimate of drug-likeness (QED) is 0.489. The molecule has 0 aliphatic carbocycles. The van der Waals surface area contributed by atoms with Crippen LogP contribution in [0, 0.1) is 55.8 Å². The van der Waals surface area contributed by atoms with E-state index in [-0.39, 0.29) is 41.7 Å². The largest absolute Gasteiger partial charge is 0.265 e. The third kappa shape index (κ3) is 43.7. The van der Waals surface area contributed by atoms with Gasteiger partial charge in [-0.2, -0.15) is 0 Å². The van der Waals surface area contributed by atoms with E-state index in [1.807, 2.05) is 0 Å². The summed E-state index contributed by atoms with van der Waals surface area (Å²) in [5.41, 5.74) is 0. The summed E-state index contributed by atoms with van der Waals surface area (Å²) >= 11 is -5.38. The van der Waals surface area contributed by atoms with Crippen molar-refractivity contribution in [1.82, 2.24) is 0 Å². The van der Waals surface area contributed by atoms with Crippen molar-refractivity contribution in [2.24, 2.45) is 0 Å². The third-order valence-electron chi connectivity index (χ3n) is 0. The van der Waals surface area contributed by atoms with Gasteiger partial charge in [0.25, 0.3) is 14.1 Å². The zero-order valence-corrected chi connectivity index (χ0v) is 7.28. The second-order valence-corrected chi connectivity index (χ2v) is 2.06. The van der Waals surface area contributed by atoms with Gasteiger partial charge in [-0.15, -0.1) is 0 Å². The molecule has 0 unspecified atom stereocenters. The Morgan fingerprint density at radius 3 is 1.17 bits per heavy atom. The molecule has 0 heterocycles. The first-order valence-corrected chi connectivity index (χ1v) is 3.28. The van der Waals surface area contributed by atoms with Gasteiger partial charge in [-0.3, -0.25) is 0 Å². The number of halogens is 1. The van der Waals surface area contributed by atoms with Gasteiger partial charge in [0, 0.05) is 45.9 Å². The van der Waals surface area contributed by atoms with Gasteiger partial charge >= 0.3 is 0 Å². The Morgan fingerprint density at radius 2 is 1.17 bits per heavy atom. The predicted octanol–water partition coefficient (Wildman–Crippen LogP) is -4.12. The van der Waals surface area contributed by atoms with E-state index in [4.69, 9.17) is 16.8 Å². The molecule has 36 valence electrons. The minimum atomic E-state index is -5.38. The summed E-state index contributed by atoms with van der Waals surface area (Å²) in [4.78, 5) is 0. The Hall–Kier alpha value is 1.70. The number of hydrogen-bond donors (Lipinski definition) is 1. The van der Waals surface area contributed by atoms with Gasteiger partial charge < -0.3 is 0 Å². The van der Waals surface area contributed by atoms with E-state index < -0.39 is 14.1 Å². The van der Waals surface area contributed by atoms with Gasteiger partial charge in [-0.25, -0.2) is 12.6 Å².